The number of hydrogen-bond acceptors (Lipinski definition) is 4. The van der Waals surface area contributed by atoms with Crippen LogP contribution in [0.5, 0.6) is 0 Å². The molecule has 0 radical (unpaired) electrons. The molecule has 21 heavy (non-hydrogen) atoms. The minimum atomic E-state index is -0.302. The zero-order valence-corrected chi connectivity index (χ0v) is 14.0. The molecule has 0 saturated carbocycles. The number of cyclic esters (lactones) is 1. The summed E-state index contributed by atoms with van der Waals surface area (Å²) in [6.07, 6.45) is 2.95. The van der Waals surface area contributed by atoms with E-state index in [2.05, 4.69) is 26.5 Å². The Kier molecular flexibility index (Phi) is 8.22. The van der Waals surface area contributed by atoms with Gasteiger partial charge in [0.1, 0.15) is 12.2 Å². The highest BCUT2D eigenvalue weighted by Crippen LogP contribution is 2.21. The van der Waals surface area contributed by atoms with Crippen LogP contribution in [0.25, 0.3) is 0 Å². The topological polar surface area (TPSA) is 72.4 Å². The monoisotopic (exact) mass is 302 g/mol. The van der Waals surface area contributed by atoms with Gasteiger partial charge in [0, 0.05) is 19.6 Å². The van der Waals surface area contributed by atoms with E-state index >= 15 is 0 Å². The lowest BCUT2D eigenvalue weighted by Crippen LogP contribution is -2.65. The van der Waals surface area contributed by atoms with E-state index in [0.717, 1.165) is 25.7 Å². The van der Waals surface area contributed by atoms with E-state index in [4.69, 9.17) is 14.2 Å². The Morgan fingerprint density at radius 3 is 2.67 bits per heavy atom. The Labute approximate surface area is 128 Å². The van der Waals surface area contributed by atoms with Gasteiger partial charge in [-0.3, -0.25) is 0 Å². The van der Waals surface area contributed by atoms with Crippen molar-refractivity contribution in [2.45, 2.75) is 77.7 Å². The molecule has 0 aromatic rings. The largest absolute Gasteiger partial charge is 0.455 e. The van der Waals surface area contributed by atoms with Gasteiger partial charge in [-0.05, 0) is 32.1 Å². The van der Waals surface area contributed by atoms with Gasteiger partial charge >= 0.3 is 5.97 Å². The molecule has 1 aliphatic rings. The molecule has 1 rings (SSSR count). The predicted molar refractivity (Wildman–Crippen MR) is 80.7 cm³/mol. The van der Waals surface area contributed by atoms with Crippen molar-refractivity contribution < 1.29 is 24.7 Å². The summed E-state index contributed by atoms with van der Waals surface area (Å²) in [5, 5.41) is 0. The number of quaternary nitrogens is 1. The lowest BCUT2D eigenvalue weighted by molar-refractivity contribution is -0.410. The van der Waals surface area contributed by atoms with E-state index < -0.39 is 0 Å². The molecule has 0 aliphatic carbocycles. The van der Waals surface area contributed by atoms with Crippen LogP contribution in [0.1, 0.15) is 53.4 Å². The lowest BCUT2D eigenvalue weighted by atomic mass is 10.0. The predicted octanol–water partition coefficient (Wildman–Crippen LogP) is 1.55. The van der Waals surface area contributed by atoms with Crippen LogP contribution in [-0.4, -0.2) is 43.5 Å². The van der Waals surface area contributed by atoms with Crippen LogP contribution in [0.4, 0.5) is 0 Å². The molecule has 3 N–H and O–H groups in total. The molecule has 1 aliphatic heterocycles. The highest BCUT2D eigenvalue weighted by molar-refractivity contribution is 5.74. The first kappa shape index (κ1) is 18.4. The zero-order chi connectivity index (χ0) is 15.8. The van der Waals surface area contributed by atoms with E-state index in [9.17, 15) is 4.79 Å². The molecule has 1 heterocycles. The summed E-state index contributed by atoms with van der Waals surface area (Å²) in [5.74, 6) is 0.250. The molecule has 1 saturated heterocycles. The van der Waals surface area contributed by atoms with E-state index in [1.807, 2.05) is 6.92 Å². The molecule has 5 heteroatoms. The molecular weight excluding hydrogens is 270 g/mol. The van der Waals surface area contributed by atoms with Gasteiger partial charge in [0.25, 0.3) is 0 Å². The second kappa shape index (κ2) is 9.38. The Balaban J connectivity index is 2.78. The van der Waals surface area contributed by atoms with Crippen LogP contribution in [0.15, 0.2) is 0 Å². The van der Waals surface area contributed by atoms with E-state index in [1.54, 1.807) is 0 Å². The molecule has 0 amide bonds. The summed E-state index contributed by atoms with van der Waals surface area (Å²) in [6.45, 7) is 9.58. The molecule has 4 atom stereocenters. The van der Waals surface area contributed by atoms with Crippen molar-refractivity contribution in [3.8, 4) is 0 Å². The first-order valence-corrected chi connectivity index (χ1v) is 8.22. The maximum atomic E-state index is 11.9. The third-order valence-electron chi connectivity index (χ3n) is 3.66. The third kappa shape index (κ3) is 6.32. The highest BCUT2D eigenvalue weighted by atomic mass is 16.6. The van der Waals surface area contributed by atoms with Crippen molar-refractivity contribution in [1.82, 2.24) is 0 Å². The van der Waals surface area contributed by atoms with Crippen molar-refractivity contribution in [1.29, 1.82) is 0 Å². The maximum absolute atomic E-state index is 11.9. The molecule has 0 aromatic heterocycles. The summed E-state index contributed by atoms with van der Waals surface area (Å²) in [5.41, 5.74) is 3.89. The van der Waals surface area contributed by atoms with Crippen molar-refractivity contribution in [3.05, 3.63) is 0 Å². The molecule has 1 fully saturated rings. The highest BCUT2D eigenvalue weighted by Gasteiger charge is 2.34. The summed E-state index contributed by atoms with van der Waals surface area (Å²) in [4.78, 5) is 11.9. The fourth-order valence-corrected chi connectivity index (χ4v) is 2.49. The van der Waals surface area contributed by atoms with Crippen LogP contribution < -0.4 is 5.73 Å². The normalized spacial score (nSPS) is 31.4. The molecule has 5 nitrogen and oxygen atoms in total. The molecule has 0 bridgehead atoms. The van der Waals surface area contributed by atoms with Crippen molar-refractivity contribution in [2.24, 2.45) is 5.92 Å². The minimum absolute atomic E-state index is 0.0213. The van der Waals surface area contributed by atoms with Crippen LogP contribution in [0.2, 0.25) is 0 Å². The summed E-state index contributed by atoms with van der Waals surface area (Å²) in [7, 11) is 0. The average Bonchev–Trinajstić information content (AvgIpc) is 2.47. The smallest absolute Gasteiger partial charge is 0.365 e. The van der Waals surface area contributed by atoms with Gasteiger partial charge < -0.3 is 19.9 Å². The van der Waals surface area contributed by atoms with Gasteiger partial charge in [0.05, 0.1) is 6.10 Å². The Hall–Kier alpha value is -0.650. The number of esters is 1. The third-order valence-corrected chi connectivity index (χ3v) is 3.66. The first-order valence-electron chi connectivity index (χ1n) is 8.22. The van der Waals surface area contributed by atoms with Crippen LogP contribution in [0, 0.1) is 5.92 Å². The van der Waals surface area contributed by atoms with Crippen molar-refractivity contribution in [3.63, 3.8) is 0 Å². The van der Waals surface area contributed by atoms with Crippen LogP contribution in [-0.2, 0) is 19.0 Å². The number of carbonyl (C=O) groups is 1. The first-order chi connectivity index (χ1) is 9.95. The molecule has 0 unspecified atom stereocenters. The summed E-state index contributed by atoms with van der Waals surface area (Å²) >= 11 is 0. The summed E-state index contributed by atoms with van der Waals surface area (Å²) in [6, 6.07) is -0.289. The maximum Gasteiger partial charge on any atom is 0.365 e. The molecule has 0 aromatic carbocycles. The fourth-order valence-electron chi connectivity index (χ4n) is 2.49. The standard InChI is InChI=1S/C16H31NO4/c1-5-9-19-15-12(4)21-16(18)13(17)7-6-8-14(15)20-10-11(2)3/h11-15H,5-10,17H2,1-4H3/p+1/t12-,13-,14-,15-/m0/s1. The Morgan fingerprint density at radius 1 is 1.33 bits per heavy atom. The van der Waals surface area contributed by atoms with Crippen LogP contribution in [0.3, 0.4) is 0 Å². The minimum Gasteiger partial charge on any atom is -0.455 e. The van der Waals surface area contributed by atoms with Gasteiger partial charge in [-0.25, -0.2) is 4.79 Å². The second-order valence-electron chi connectivity index (χ2n) is 6.37. The van der Waals surface area contributed by atoms with E-state index in [-0.39, 0.29) is 30.3 Å². The number of ether oxygens (including phenoxy) is 3. The molecule has 0 spiro atoms. The van der Waals surface area contributed by atoms with Crippen LogP contribution >= 0.6 is 0 Å². The van der Waals surface area contributed by atoms with Crippen molar-refractivity contribution in [2.75, 3.05) is 13.2 Å². The van der Waals surface area contributed by atoms with Crippen molar-refractivity contribution >= 4 is 5.97 Å². The molecule has 124 valence electrons. The van der Waals surface area contributed by atoms with Gasteiger partial charge in [-0.15, -0.1) is 0 Å². The van der Waals surface area contributed by atoms with Gasteiger partial charge in [0.15, 0.2) is 6.04 Å². The SMILES string of the molecule is CCCO[C@H]1[C@H](C)OC(=O)[C@@H]([NH3+])CCC[C@@H]1OCC(C)C. The Morgan fingerprint density at radius 2 is 2.05 bits per heavy atom. The summed E-state index contributed by atoms with van der Waals surface area (Å²) < 4.78 is 17.5. The lowest BCUT2D eigenvalue weighted by Gasteiger charge is -2.31. The number of rotatable bonds is 6. The van der Waals surface area contributed by atoms with E-state index in [0.29, 0.717) is 19.1 Å². The Bertz CT molecular complexity index is 309. The van der Waals surface area contributed by atoms with Gasteiger partial charge in [-0.2, -0.15) is 0 Å². The average molecular weight is 302 g/mol. The fraction of sp³-hybridized carbons (Fsp3) is 0.938. The number of carbonyl (C=O) groups excluding carboxylic acids is 1. The zero-order valence-electron chi connectivity index (χ0n) is 14.0. The second-order valence-corrected chi connectivity index (χ2v) is 6.37. The van der Waals surface area contributed by atoms with Gasteiger partial charge in [0.2, 0.25) is 0 Å². The quantitative estimate of drug-likeness (QED) is 0.756. The van der Waals surface area contributed by atoms with E-state index in [1.165, 1.54) is 0 Å². The number of hydrogen-bond donors (Lipinski definition) is 1. The van der Waals surface area contributed by atoms with Gasteiger partial charge in [-0.1, -0.05) is 20.8 Å². The molecular formula is C16H32NO4+.